The standard InChI is InChI=1S/C13H12N4S2.ClH.Cu/c1-19-13(18)17-16-12(10-6-2-4-8-14-10)11-7-3-5-9-15-11;;/h2-9H,1H3,(H,17,18);1H;/q;;+2. The molecule has 0 unspecified atom stereocenters. The third-order valence-corrected chi connectivity index (χ3v) is 3.31. The summed E-state index contributed by atoms with van der Waals surface area (Å²) >= 11 is 6.51. The Balaban J connectivity index is 0.00000200. The molecule has 4 nitrogen and oxygen atoms in total. The van der Waals surface area contributed by atoms with Crippen LogP contribution in [0.4, 0.5) is 0 Å². The van der Waals surface area contributed by atoms with Crippen LogP contribution >= 0.6 is 36.4 Å². The van der Waals surface area contributed by atoms with Crippen LogP contribution in [0.1, 0.15) is 11.4 Å². The van der Waals surface area contributed by atoms with E-state index in [1.165, 1.54) is 11.8 Å². The van der Waals surface area contributed by atoms with E-state index in [1.54, 1.807) is 12.4 Å². The van der Waals surface area contributed by atoms with Gasteiger partial charge in [0.2, 0.25) is 0 Å². The fourth-order valence-electron chi connectivity index (χ4n) is 1.40. The van der Waals surface area contributed by atoms with E-state index in [-0.39, 0.29) is 29.5 Å². The van der Waals surface area contributed by atoms with Gasteiger partial charge in [-0.3, -0.25) is 15.4 Å². The van der Waals surface area contributed by atoms with Crippen molar-refractivity contribution in [3.8, 4) is 0 Å². The predicted molar refractivity (Wildman–Crippen MR) is 90.6 cm³/mol. The van der Waals surface area contributed by atoms with Crippen molar-refractivity contribution in [1.82, 2.24) is 15.4 Å². The number of rotatable bonds is 3. The molecule has 21 heavy (non-hydrogen) atoms. The molecule has 0 aromatic carbocycles. The quantitative estimate of drug-likeness (QED) is 0.379. The average Bonchev–Trinajstić information content (AvgIpc) is 2.49. The summed E-state index contributed by atoms with van der Waals surface area (Å²) in [5.41, 5.74) is 4.99. The van der Waals surface area contributed by atoms with E-state index >= 15 is 0 Å². The number of hydrogen-bond acceptors (Lipinski definition) is 5. The SMILES string of the molecule is CSC(=S)NN=C(c1ccccn1)c1ccccn1.Cl.[Cu+2]. The number of thiocarbonyl (C=S) groups is 1. The number of pyridine rings is 2. The van der Waals surface area contributed by atoms with Crippen LogP contribution in [0.5, 0.6) is 0 Å². The monoisotopic (exact) mass is 387 g/mol. The normalized spacial score (nSPS) is 8.81. The molecule has 0 saturated carbocycles. The van der Waals surface area contributed by atoms with E-state index in [9.17, 15) is 0 Å². The van der Waals surface area contributed by atoms with Crippen molar-refractivity contribution in [2.45, 2.75) is 0 Å². The molecule has 0 bridgehead atoms. The summed E-state index contributed by atoms with van der Waals surface area (Å²) in [6, 6.07) is 11.3. The van der Waals surface area contributed by atoms with Crippen molar-refractivity contribution in [3.05, 3.63) is 60.2 Å². The number of aromatic nitrogens is 2. The Hall–Kier alpha value is -0.981. The maximum Gasteiger partial charge on any atom is 2.00 e. The molecule has 2 aromatic rings. The number of hydrogen-bond donors (Lipinski definition) is 1. The van der Waals surface area contributed by atoms with Gasteiger partial charge in [0.25, 0.3) is 0 Å². The molecule has 0 saturated heterocycles. The van der Waals surface area contributed by atoms with Gasteiger partial charge in [-0.25, -0.2) is 0 Å². The minimum atomic E-state index is 0. The van der Waals surface area contributed by atoms with Crippen molar-refractivity contribution in [2.24, 2.45) is 5.10 Å². The maximum atomic E-state index is 5.08. The van der Waals surface area contributed by atoms with Gasteiger partial charge in [0.1, 0.15) is 5.71 Å². The van der Waals surface area contributed by atoms with Crippen LogP contribution in [-0.4, -0.2) is 26.3 Å². The molecule has 2 rings (SSSR count). The van der Waals surface area contributed by atoms with Crippen LogP contribution in [0.15, 0.2) is 53.9 Å². The van der Waals surface area contributed by atoms with Gasteiger partial charge < -0.3 is 0 Å². The molecular weight excluding hydrogens is 375 g/mol. The Morgan fingerprint density at radius 2 is 1.62 bits per heavy atom. The third-order valence-electron chi connectivity index (χ3n) is 2.26. The number of hydrazone groups is 1. The minimum Gasteiger partial charge on any atom is -0.262 e. The first-order valence-corrected chi connectivity index (χ1v) is 7.19. The molecule has 0 aliphatic heterocycles. The van der Waals surface area contributed by atoms with E-state index in [0.717, 1.165) is 11.4 Å². The molecule has 0 spiro atoms. The van der Waals surface area contributed by atoms with Crippen LogP contribution in [-0.2, 0) is 17.1 Å². The Morgan fingerprint density at radius 1 is 1.10 bits per heavy atom. The zero-order chi connectivity index (χ0) is 13.5. The first-order chi connectivity index (χ1) is 9.31. The van der Waals surface area contributed by atoms with Crippen LogP contribution in [0, 0.1) is 0 Å². The van der Waals surface area contributed by atoms with E-state index in [0.29, 0.717) is 10.0 Å². The Labute approximate surface area is 150 Å². The molecule has 0 amide bonds. The number of halogens is 1. The number of nitrogens with zero attached hydrogens (tertiary/aromatic N) is 3. The molecule has 2 heterocycles. The summed E-state index contributed by atoms with van der Waals surface area (Å²) in [4.78, 5) is 8.60. The van der Waals surface area contributed by atoms with Crippen LogP contribution in [0.25, 0.3) is 0 Å². The van der Waals surface area contributed by atoms with E-state index in [2.05, 4.69) is 20.5 Å². The first-order valence-electron chi connectivity index (χ1n) is 5.55. The maximum absolute atomic E-state index is 5.08. The fraction of sp³-hybridized carbons (Fsp3) is 0.0769. The number of thioether (sulfide) groups is 1. The van der Waals surface area contributed by atoms with Gasteiger partial charge in [0, 0.05) is 12.4 Å². The summed E-state index contributed by atoms with van der Waals surface area (Å²) in [5, 5.41) is 4.31. The zero-order valence-corrected chi connectivity index (χ0v) is 14.4. The zero-order valence-electron chi connectivity index (χ0n) is 11.0. The van der Waals surface area contributed by atoms with E-state index < -0.39 is 0 Å². The Morgan fingerprint density at radius 3 is 2.00 bits per heavy atom. The molecule has 8 heteroatoms. The largest absolute Gasteiger partial charge is 2.00 e. The van der Waals surface area contributed by atoms with Crippen molar-refractivity contribution < 1.29 is 17.1 Å². The van der Waals surface area contributed by atoms with Crippen molar-refractivity contribution in [2.75, 3.05) is 6.26 Å². The second-order valence-electron chi connectivity index (χ2n) is 3.49. The van der Waals surface area contributed by atoms with Gasteiger partial charge in [-0.1, -0.05) is 36.1 Å². The second-order valence-corrected chi connectivity index (χ2v) is 4.98. The number of nitrogens with one attached hydrogen (secondary N) is 1. The molecular formula is C13H13ClCuN4S2+2. The van der Waals surface area contributed by atoms with Gasteiger partial charge in [-0.2, -0.15) is 5.10 Å². The molecule has 0 fully saturated rings. The summed E-state index contributed by atoms with van der Waals surface area (Å²) in [6.07, 6.45) is 5.34. The van der Waals surface area contributed by atoms with Gasteiger partial charge in [-0.15, -0.1) is 12.4 Å². The second kappa shape index (κ2) is 10.7. The van der Waals surface area contributed by atoms with Gasteiger partial charge >= 0.3 is 17.1 Å². The third kappa shape index (κ3) is 6.11. The molecule has 113 valence electrons. The van der Waals surface area contributed by atoms with Crippen LogP contribution in [0.3, 0.4) is 0 Å². The molecule has 0 aliphatic rings. The van der Waals surface area contributed by atoms with Crippen molar-refractivity contribution in [1.29, 1.82) is 0 Å². The topological polar surface area (TPSA) is 50.2 Å². The van der Waals surface area contributed by atoms with Gasteiger partial charge in [0.15, 0.2) is 4.32 Å². The van der Waals surface area contributed by atoms with Crippen LogP contribution in [0.2, 0.25) is 0 Å². The van der Waals surface area contributed by atoms with Crippen LogP contribution < -0.4 is 5.43 Å². The fourth-order valence-corrected chi connectivity index (χ4v) is 1.58. The summed E-state index contributed by atoms with van der Waals surface area (Å²) in [5.74, 6) is 0. The molecule has 2 aromatic heterocycles. The summed E-state index contributed by atoms with van der Waals surface area (Å²) in [6.45, 7) is 0. The Kier molecular flexibility index (Phi) is 10.2. The molecule has 0 atom stereocenters. The predicted octanol–water partition coefficient (Wildman–Crippen LogP) is 2.89. The minimum absolute atomic E-state index is 0. The smallest absolute Gasteiger partial charge is 0.262 e. The molecule has 0 aliphatic carbocycles. The Bertz CT molecular complexity index is 540. The van der Waals surface area contributed by atoms with Gasteiger partial charge in [-0.05, 0) is 30.5 Å². The first kappa shape index (κ1) is 20.0. The van der Waals surface area contributed by atoms with Gasteiger partial charge in [0.05, 0.1) is 11.4 Å². The molecule has 1 radical (unpaired) electrons. The van der Waals surface area contributed by atoms with Crippen molar-refractivity contribution >= 4 is 46.4 Å². The molecule has 1 N–H and O–H groups in total. The van der Waals surface area contributed by atoms with E-state index in [1.807, 2.05) is 42.7 Å². The van der Waals surface area contributed by atoms with Crippen molar-refractivity contribution in [3.63, 3.8) is 0 Å². The average molecular weight is 388 g/mol. The van der Waals surface area contributed by atoms with E-state index in [4.69, 9.17) is 12.2 Å². The summed E-state index contributed by atoms with van der Waals surface area (Å²) < 4.78 is 0.601. The summed E-state index contributed by atoms with van der Waals surface area (Å²) in [7, 11) is 0.